The van der Waals surface area contributed by atoms with Gasteiger partial charge in [-0.25, -0.2) is 0 Å². The van der Waals surface area contributed by atoms with Gasteiger partial charge in [-0.1, -0.05) is 19.4 Å². The van der Waals surface area contributed by atoms with Crippen LogP contribution in [-0.4, -0.2) is 18.3 Å². The van der Waals surface area contributed by atoms with E-state index in [0.717, 1.165) is 38.6 Å². The second-order valence-corrected chi connectivity index (χ2v) is 6.28. The van der Waals surface area contributed by atoms with E-state index in [1.807, 2.05) is 0 Å². The van der Waals surface area contributed by atoms with Gasteiger partial charge in [0.1, 0.15) is 0 Å². The van der Waals surface area contributed by atoms with E-state index in [4.69, 9.17) is 11.6 Å². The number of hydrogen-bond donors (Lipinski definition) is 1. The van der Waals surface area contributed by atoms with Gasteiger partial charge in [0.15, 0.2) is 0 Å². The molecule has 108 valence electrons. The molecule has 1 atom stereocenters. The van der Waals surface area contributed by atoms with Crippen molar-refractivity contribution in [3.05, 3.63) is 22.4 Å². The van der Waals surface area contributed by atoms with Crippen molar-refractivity contribution in [2.75, 3.05) is 12.4 Å². The molecule has 0 saturated carbocycles. The molecule has 1 aromatic heterocycles. The standard InChI is InChI=1S/C15H24ClNOS/c1-2-5-13(9-10-16)12-17-15(18)8-3-6-14-7-4-11-19-14/h4,7,11,13H,2-3,5-6,8-10,12H2,1H3,(H,17,18). The van der Waals surface area contributed by atoms with Crippen LogP contribution in [0.15, 0.2) is 17.5 Å². The van der Waals surface area contributed by atoms with E-state index in [0.29, 0.717) is 18.2 Å². The number of amides is 1. The van der Waals surface area contributed by atoms with Crippen LogP contribution in [0, 0.1) is 5.92 Å². The third kappa shape index (κ3) is 7.58. The number of alkyl halides is 1. The molecule has 0 radical (unpaired) electrons. The molecule has 0 spiro atoms. The lowest BCUT2D eigenvalue weighted by Crippen LogP contribution is -2.29. The molecule has 1 aromatic rings. The summed E-state index contributed by atoms with van der Waals surface area (Å²) in [5.41, 5.74) is 0. The number of carbonyl (C=O) groups is 1. The second kappa shape index (κ2) is 10.3. The van der Waals surface area contributed by atoms with Crippen LogP contribution in [0.25, 0.3) is 0 Å². The molecule has 1 N–H and O–H groups in total. The average molecular weight is 302 g/mol. The van der Waals surface area contributed by atoms with E-state index < -0.39 is 0 Å². The van der Waals surface area contributed by atoms with Gasteiger partial charge in [0.2, 0.25) is 5.91 Å². The zero-order valence-corrected chi connectivity index (χ0v) is 13.2. The minimum absolute atomic E-state index is 0.173. The normalized spacial score (nSPS) is 12.3. The van der Waals surface area contributed by atoms with Crippen LogP contribution in [0.4, 0.5) is 0 Å². The monoisotopic (exact) mass is 301 g/mol. The highest BCUT2D eigenvalue weighted by Crippen LogP contribution is 2.13. The average Bonchev–Trinajstić information content (AvgIpc) is 2.90. The second-order valence-electron chi connectivity index (χ2n) is 4.87. The lowest BCUT2D eigenvalue weighted by molar-refractivity contribution is -0.121. The Bertz CT molecular complexity index is 334. The van der Waals surface area contributed by atoms with Crippen LogP contribution in [0.3, 0.4) is 0 Å². The summed E-state index contributed by atoms with van der Waals surface area (Å²) in [6.45, 7) is 2.95. The molecule has 2 nitrogen and oxygen atoms in total. The number of aryl methyl sites for hydroxylation is 1. The predicted octanol–water partition coefficient (Wildman–Crippen LogP) is 4.23. The summed E-state index contributed by atoms with van der Waals surface area (Å²) < 4.78 is 0. The van der Waals surface area contributed by atoms with Crippen molar-refractivity contribution in [1.29, 1.82) is 0 Å². The third-order valence-corrected chi connectivity index (χ3v) is 4.36. The van der Waals surface area contributed by atoms with Crippen molar-refractivity contribution >= 4 is 28.8 Å². The predicted molar refractivity (Wildman–Crippen MR) is 84.0 cm³/mol. The Labute approximate surface area is 125 Å². The first-order chi connectivity index (χ1) is 9.26. The van der Waals surface area contributed by atoms with E-state index in [1.54, 1.807) is 11.3 Å². The molecule has 19 heavy (non-hydrogen) atoms. The van der Waals surface area contributed by atoms with Gasteiger partial charge in [0.05, 0.1) is 0 Å². The number of carbonyl (C=O) groups excluding carboxylic acids is 1. The number of thiophene rings is 1. The Morgan fingerprint density at radius 3 is 2.95 bits per heavy atom. The summed E-state index contributed by atoms with van der Waals surface area (Å²) in [5, 5.41) is 5.12. The van der Waals surface area contributed by atoms with Crippen LogP contribution in [0.5, 0.6) is 0 Å². The van der Waals surface area contributed by atoms with Crippen molar-refractivity contribution in [3.8, 4) is 0 Å². The van der Waals surface area contributed by atoms with Crippen molar-refractivity contribution < 1.29 is 4.79 Å². The lowest BCUT2D eigenvalue weighted by Gasteiger charge is -2.15. The van der Waals surface area contributed by atoms with Crippen molar-refractivity contribution in [2.45, 2.75) is 45.4 Å². The largest absolute Gasteiger partial charge is 0.356 e. The van der Waals surface area contributed by atoms with Gasteiger partial charge in [-0.3, -0.25) is 4.79 Å². The van der Waals surface area contributed by atoms with Crippen LogP contribution in [-0.2, 0) is 11.2 Å². The van der Waals surface area contributed by atoms with E-state index in [2.05, 4.69) is 29.8 Å². The first-order valence-electron chi connectivity index (χ1n) is 7.11. The van der Waals surface area contributed by atoms with Crippen molar-refractivity contribution in [2.24, 2.45) is 5.92 Å². The first-order valence-corrected chi connectivity index (χ1v) is 8.52. The molecule has 0 saturated heterocycles. The zero-order valence-electron chi connectivity index (χ0n) is 11.7. The molecular formula is C15H24ClNOS. The van der Waals surface area contributed by atoms with E-state index in [9.17, 15) is 4.79 Å². The van der Waals surface area contributed by atoms with Gasteiger partial charge in [0, 0.05) is 23.7 Å². The fourth-order valence-corrected chi connectivity index (χ4v) is 3.20. The molecule has 0 aliphatic rings. The van der Waals surface area contributed by atoms with Gasteiger partial charge in [-0.05, 0) is 43.0 Å². The Balaban J connectivity index is 2.12. The molecule has 1 unspecified atom stereocenters. The summed E-state index contributed by atoms with van der Waals surface area (Å²) in [4.78, 5) is 13.1. The Morgan fingerprint density at radius 2 is 2.32 bits per heavy atom. The van der Waals surface area contributed by atoms with Gasteiger partial charge < -0.3 is 5.32 Å². The van der Waals surface area contributed by atoms with Gasteiger partial charge >= 0.3 is 0 Å². The topological polar surface area (TPSA) is 29.1 Å². The smallest absolute Gasteiger partial charge is 0.220 e. The molecule has 0 aliphatic carbocycles. The van der Waals surface area contributed by atoms with Crippen LogP contribution in [0.1, 0.15) is 43.9 Å². The summed E-state index contributed by atoms with van der Waals surface area (Å²) in [5.74, 6) is 1.38. The minimum Gasteiger partial charge on any atom is -0.356 e. The Kier molecular flexibility index (Phi) is 8.93. The Hall–Kier alpha value is -0.540. The highest BCUT2D eigenvalue weighted by Gasteiger charge is 2.09. The third-order valence-electron chi connectivity index (χ3n) is 3.21. The van der Waals surface area contributed by atoms with E-state index >= 15 is 0 Å². The maximum Gasteiger partial charge on any atom is 0.220 e. The summed E-state index contributed by atoms with van der Waals surface area (Å²) in [6.07, 6.45) is 5.84. The molecule has 0 bridgehead atoms. The van der Waals surface area contributed by atoms with Crippen LogP contribution >= 0.6 is 22.9 Å². The maximum atomic E-state index is 11.7. The summed E-state index contributed by atoms with van der Waals surface area (Å²) in [6, 6.07) is 4.18. The van der Waals surface area contributed by atoms with Crippen molar-refractivity contribution in [1.82, 2.24) is 5.32 Å². The number of halogens is 1. The molecule has 4 heteroatoms. The van der Waals surface area contributed by atoms with Crippen molar-refractivity contribution in [3.63, 3.8) is 0 Å². The number of nitrogens with one attached hydrogen (secondary N) is 1. The highest BCUT2D eigenvalue weighted by molar-refractivity contribution is 7.09. The number of rotatable bonds is 10. The van der Waals surface area contributed by atoms with Crippen LogP contribution in [0.2, 0.25) is 0 Å². The van der Waals surface area contributed by atoms with Crippen LogP contribution < -0.4 is 5.32 Å². The molecule has 1 amide bonds. The molecule has 0 aromatic carbocycles. The molecule has 0 fully saturated rings. The number of hydrogen-bond acceptors (Lipinski definition) is 2. The fraction of sp³-hybridized carbons (Fsp3) is 0.667. The van der Waals surface area contributed by atoms with Gasteiger partial charge in [-0.15, -0.1) is 22.9 Å². The SMILES string of the molecule is CCCC(CCCl)CNC(=O)CCCc1cccs1. The summed E-state index contributed by atoms with van der Waals surface area (Å²) >= 11 is 7.54. The van der Waals surface area contributed by atoms with E-state index in [-0.39, 0.29) is 5.91 Å². The van der Waals surface area contributed by atoms with E-state index in [1.165, 1.54) is 4.88 Å². The van der Waals surface area contributed by atoms with Gasteiger partial charge in [0.25, 0.3) is 0 Å². The molecular weight excluding hydrogens is 278 g/mol. The molecule has 0 aliphatic heterocycles. The first kappa shape index (κ1) is 16.5. The lowest BCUT2D eigenvalue weighted by atomic mass is 10.0. The summed E-state index contributed by atoms with van der Waals surface area (Å²) in [7, 11) is 0. The fourth-order valence-electron chi connectivity index (χ4n) is 2.14. The minimum atomic E-state index is 0.173. The maximum absolute atomic E-state index is 11.7. The Morgan fingerprint density at radius 1 is 1.47 bits per heavy atom. The van der Waals surface area contributed by atoms with Gasteiger partial charge in [-0.2, -0.15) is 0 Å². The zero-order chi connectivity index (χ0) is 13.9. The highest BCUT2D eigenvalue weighted by atomic mass is 35.5. The quantitative estimate of drug-likeness (QED) is 0.644. The molecule has 1 rings (SSSR count). The molecule has 1 heterocycles.